The molecule has 4 aromatic rings. The lowest BCUT2D eigenvalue weighted by Gasteiger charge is -2.03. The lowest BCUT2D eigenvalue weighted by Crippen LogP contribution is -2.27. The van der Waals surface area contributed by atoms with Crippen molar-refractivity contribution < 1.29 is 9.21 Å². The molecule has 0 saturated carbocycles. The fourth-order valence-electron chi connectivity index (χ4n) is 2.66. The van der Waals surface area contributed by atoms with Crippen molar-refractivity contribution in [3.63, 3.8) is 0 Å². The monoisotopic (exact) mass is 444 g/mol. The number of hydrogen-bond donors (Lipinski definition) is 2. The second-order valence-electron chi connectivity index (χ2n) is 6.37. The lowest BCUT2D eigenvalue weighted by atomic mass is 10.3. The standard InChI is InChI=1S/C18H20N8O2S2/c1-26-11-20-24-17(26)29-9-8-19-15(27)10-30-18-25-23-16(28-18)7-6-14-21-12-4-2-3-5-13(12)22-14/h2-5,11H,6-10H2,1H3,(H,19,27)(H,21,22). The predicted molar refractivity (Wildman–Crippen MR) is 113 cm³/mol. The summed E-state index contributed by atoms with van der Waals surface area (Å²) in [6.07, 6.45) is 2.90. The van der Waals surface area contributed by atoms with Gasteiger partial charge in [0.2, 0.25) is 11.8 Å². The molecule has 30 heavy (non-hydrogen) atoms. The molecule has 1 aromatic carbocycles. The Morgan fingerprint density at radius 3 is 2.93 bits per heavy atom. The van der Waals surface area contributed by atoms with Crippen LogP contribution in [-0.2, 0) is 24.7 Å². The van der Waals surface area contributed by atoms with Gasteiger partial charge in [0.25, 0.3) is 5.22 Å². The number of hydrogen-bond acceptors (Lipinski definition) is 9. The molecule has 1 amide bonds. The summed E-state index contributed by atoms with van der Waals surface area (Å²) in [5, 5.41) is 19.9. The molecule has 156 valence electrons. The van der Waals surface area contributed by atoms with E-state index in [1.165, 1.54) is 23.5 Å². The minimum absolute atomic E-state index is 0.0828. The molecule has 2 N–H and O–H groups in total. The number of carbonyl (C=O) groups excluding carboxylic acids is 1. The highest BCUT2D eigenvalue weighted by molar-refractivity contribution is 7.99. The molecule has 3 aromatic heterocycles. The molecule has 0 atom stereocenters. The lowest BCUT2D eigenvalue weighted by molar-refractivity contribution is -0.118. The summed E-state index contributed by atoms with van der Waals surface area (Å²) in [5.74, 6) is 2.26. The molecule has 0 aliphatic carbocycles. The Morgan fingerprint density at radius 1 is 1.20 bits per heavy atom. The number of aryl methyl sites for hydroxylation is 3. The number of amides is 1. The fourth-order valence-corrected chi connectivity index (χ4v) is 4.01. The number of nitrogens with zero attached hydrogens (tertiary/aromatic N) is 6. The summed E-state index contributed by atoms with van der Waals surface area (Å²) >= 11 is 2.76. The van der Waals surface area contributed by atoms with E-state index in [9.17, 15) is 4.79 Å². The van der Waals surface area contributed by atoms with E-state index in [1.807, 2.05) is 35.9 Å². The fraction of sp³-hybridized carbons (Fsp3) is 0.333. The maximum absolute atomic E-state index is 12.0. The molecule has 0 aliphatic heterocycles. The highest BCUT2D eigenvalue weighted by Crippen LogP contribution is 2.17. The Morgan fingerprint density at radius 2 is 2.10 bits per heavy atom. The summed E-state index contributed by atoms with van der Waals surface area (Å²) < 4.78 is 7.45. The van der Waals surface area contributed by atoms with Crippen LogP contribution in [0.1, 0.15) is 11.7 Å². The van der Waals surface area contributed by atoms with Crippen LogP contribution in [0, 0.1) is 0 Å². The zero-order valence-corrected chi connectivity index (χ0v) is 17.9. The third-order valence-corrected chi connectivity index (χ3v) is 5.97. The van der Waals surface area contributed by atoms with Crippen LogP contribution in [0.5, 0.6) is 0 Å². The Kier molecular flexibility index (Phi) is 6.64. The number of rotatable bonds is 10. The van der Waals surface area contributed by atoms with Crippen molar-refractivity contribution in [2.24, 2.45) is 7.05 Å². The van der Waals surface area contributed by atoms with Gasteiger partial charge in [-0.2, -0.15) is 0 Å². The van der Waals surface area contributed by atoms with Crippen molar-refractivity contribution in [2.45, 2.75) is 23.2 Å². The number of imidazole rings is 1. The van der Waals surface area contributed by atoms with Gasteiger partial charge in [-0.05, 0) is 12.1 Å². The molecule has 0 spiro atoms. The molecule has 10 nitrogen and oxygen atoms in total. The van der Waals surface area contributed by atoms with E-state index in [-0.39, 0.29) is 11.7 Å². The zero-order valence-electron chi connectivity index (χ0n) is 16.2. The number of para-hydroxylation sites is 2. The molecule has 12 heteroatoms. The van der Waals surface area contributed by atoms with Gasteiger partial charge >= 0.3 is 0 Å². The van der Waals surface area contributed by atoms with E-state index in [1.54, 1.807) is 6.33 Å². The normalized spacial score (nSPS) is 11.2. The second kappa shape index (κ2) is 9.76. The number of H-pyrrole nitrogens is 1. The first-order valence-corrected chi connectivity index (χ1v) is 11.3. The van der Waals surface area contributed by atoms with Crippen LogP contribution in [0.3, 0.4) is 0 Å². The maximum Gasteiger partial charge on any atom is 0.277 e. The van der Waals surface area contributed by atoms with Crippen LogP contribution in [0.2, 0.25) is 0 Å². The quantitative estimate of drug-likeness (QED) is 0.278. The SMILES string of the molecule is Cn1cnnc1SCCNC(=O)CSc1nnc(CCc2nc3ccccc3[nH]2)o1. The minimum atomic E-state index is -0.0828. The summed E-state index contributed by atoms with van der Waals surface area (Å²) in [6.45, 7) is 0.545. The maximum atomic E-state index is 12.0. The summed E-state index contributed by atoms with van der Waals surface area (Å²) in [4.78, 5) is 19.8. The van der Waals surface area contributed by atoms with E-state index < -0.39 is 0 Å². The molecule has 0 fully saturated rings. The van der Waals surface area contributed by atoms with Gasteiger partial charge in [-0.1, -0.05) is 35.7 Å². The topological polar surface area (TPSA) is 127 Å². The van der Waals surface area contributed by atoms with E-state index in [0.717, 1.165) is 27.8 Å². The number of thioether (sulfide) groups is 2. The van der Waals surface area contributed by atoms with Gasteiger partial charge in [-0.25, -0.2) is 4.98 Å². The van der Waals surface area contributed by atoms with Crippen molar-refractivity contribution in [2.75, 3.05) is 18.1 Å². The van der Waals surface area contributed by atoms with Gasteiger partial charge in [0, 0.05) is 32.2 Å². The molecule has 0 radical (unpaired) electrons. The van der Waals surface area contributed by atoms with Crippen molar-refractivity contribution in [3.8, 4) is 0 Å². The number of nitrogens with one attached hydrogen (secondary N) is 2. The first-order chi connectivity index (χ1) is 14.7. The largest absolute Gasteiger partial charge is 0.416 e. The van der Waals surface area contributed by atoms with Gasteiger partial charge < -0.3 is 19.3 Å². The first kappa shape index (κ1) is 20.4. The minimum Gasteiger partial charge on any atom is -0.416 e. The van der Waals surface area contributed by atoms with Crippen LogP contribution in [0.25, 0.3) is 11.0 Å². The summed E-state index contributed by atoms with van der Waals surface area (Å²) in [6, 6.07) is 7.89. The van der Waals surface area contributed by atoms with E-state index in [2.05, 4.69) is 35.7 Å². The Labute approximate surface area is 180 Å². The highest BCUT2D eigenvalue weighted by atomic mass is 32.2. The molecule has 0 saturated heterocycles. The Balaban J connectivity index is 1.16. The molecule has 0 bridgehead atoms. The molecule has 3 heterocycles. The molecular formula is C18H20N8O2S2. The number of benzene rings is 1. The Bertz CT molecular complexity index is 1090. The van der Waals surface area contributed by atoms with Crippen molar-refractivity contribution >= 4 is 40.5 Å². The van der Waals surface area contributed by atoms with Gasteiger partial charge in [0.15, 0.2) is 5.16 Å². The van der Waals surface area contributed by atoms with Crippen LogP contribution < -0.4 is 5.32 Å². The van der Waals surface area contributed by atoms with Gasteiger partial charge in [-0.15, -0.1) is 20.4 Å². The van der Waals surface area contributed by atoms with Crippen molar-refractivity contribution in [1.82, 2.24) is 40.2 Å². The predicted octanol–water partition coefficient (Wildman–Crippen LogP) is 1.86. The average molecular weight is 445 g/mol. The van der Waals surface area contributed by atoms with Crippen molar-refractivity contribution in [1.29, 1.82) is 0 Å². The second-order valence-corrected chi connectivity index (χ2v) is 8.36. The molecule has 0 unspecified atom stereocenters. The summed E-state index contributed by atoms with van der Waals surface area (Å²) in [5.41, 5.74) is 1.95. The van der Waals surface area contributed by atoms with Gasteiger partial charge in [0.05, 0.1) is 16.8 Å². The van der Waals surface area contributed by atoms with Gasteiger partial charge in [0.1, 0.15) is 12.2 Å². The zero-order chi connectivity index (χ0) is 20.8. The average Bonchev–Trinajstić information content (AvgIpc) is 3.47. The van der Waals surface area contributed by atoms with Crippen LogP contribution >= 0.6 is 23.5 Å². The smallest absolute Gasteiger partial charge is 0.277 e. The number of aromatic amines is 1. The first-order valence-electron chi connectivity index (χ1n) is 9.29. The third kappa shape index (κ3) is 5.39. The Hall–Kier alpha value is -2.86. The van der Waals surface area contributed by atoms with E-state index in [4.69, 9.17) is 4.42 Å². The number of carbonyl (C=O) groups is 1. The number of aromatic nitrogens is 7. The molecule has 0 aliphatic rings. The van der Waals surface area contributed by atoms with Crippen LogP contribution in [-0.4, -0.2) is 58.9 Å². The molecular weight excluding hydrogens is 424 g/mol. The third-order valence-electron chi connectivity index (χ3n) is 4.11. The molecule has 4 rings (SSSR count). The van der Waals surface area contributed by atoms with Crippen LogP contribution in [0.4, 0.5) is 0 Å². The van der Waals surface area contributed by atoms with Crippen molar-refractivity contribution in [3.05, 3.63) is 42.3 Å². The highest BCUT2D eigenvalue weighted by Gasteiger charge is 2.11. The summed E-state index contributed by atoms with van der Waals surface area (Å²) in [7, 11) is 1.88. The van der Waals surface area contributed by atoms with Crippen LogP contribution in [0.15, 0.2) is 45.4 Å². The van der Waals surface area contributed by atoms with E-state index in [0.29, 0.717) is 30.5 Å². The number of fused-ring (bicyclic) bond motifs is 1. The van der Waals surface area contributed by atoms with E-state index >= 15 is 0 Å². The van der Waals surface area contributed by atoms with Gasteiger partial charge in [-0.3, -0.25) is 4.79 Å².